The van der Waals surface area contributed by atoms with Gasteiger partial charge >= 0.3 is 0 Å². The van der Waals surface area contributed by atoms with E-state index in [-0.39, 0.29) is 11.8 Å². The molecule has 2 aromatic rings. The summed E-state index contributed by atoms with van der Waals surface area (Å²) in [6.45, 7) is 2.10. The number of hydrogen-bond acceptors (Lipinski definition) is 1. The zero-order valence-electron chi connectivity index (χ0n) is 11.8. The van der Waals surface area contributed by atoms with Crippen molar-refractivity contribution < 1.29 is 5.11 Å². The summed E-state index contributed by atoms with van der Waals surface area (Å²) in [4.78, 5) is 0. The minimum atomic E-state index is -1.33. The Morgan fingerprint density at radius 1 is 0.955 bits per heavy atom. The van der Waals surface area contributed by atoms with E-state index in [2.05, 4.69) is 19.1 Å². The maximum atomic E-state index is 10.5. The molecule has 5 heteroatoms. The van der Waals surface area contributed by atoms with Gasteiger partial charge in [-0.25, -0.2) is 0 Å². The summed E-state index contributed by atoms with van der Waals surface area (Å²) in [6, 6.07) is 11.6. The average Bonchev–Trinajstić information content (AvgIpc) is 3.07. The van der Waals surface area contributed by atoms with E-state index in [4.69, 9.17) is 46.4 Å². The first kappa shape index (κ1) is 16.4. The summed E-state index contributed by atoms with van der Waals surface area (Å²) in [5, 5.41) is 10.2. The fourth-order valence-corrected chi connectivity index (χ4v) is 3.97. The first-order chi connectivity index (χ1) is 10.4. The fourth-order valence-electron chi connectivity index (χ4n) is 2.91. The van der Waals surface area contributed by atoms with Crippen molar-refractivity contribution in [2.24, 2.45) is 0 Å². The van der Waals surface area contributed by atoms with Crippen LogP contribution in [-0.4, -0.2) is 10.2 Å². The molecule has 0 spiro atoms. The van der Waals surface area contributed by atoms with E-state index in [0.29, 0.717) is 15.1 Å². The maximum absolute atomic E-state index is 10.5. The summed E-state index contributed by atoms with van der Waals surface area (Å²) >= 11 is 24.4. The van der Waals surface area contributed by atoms with Crippen LogP contribution >= 0.6 is 46.4 Å². The van der Waals surface area contributed by atoms with Gasteiger partial charge in [0.25, 0.3) is 0 Å². The van der Waals surface area contributed by atoms with Gasteiger partial charge in [0, 0.05) is 11.8 Å². The van der Waals surface area contributed by atoms with Crippen LogP contribution in [0.25, 0.3) is 0 Å². The first-order valence-corrected chi connectivity index (χ1v) is 8.52. The smallest absolute Gasteiger partial charge is 0.153 e. The van der Waals surface area contributed by atoms with Gasteiger partial charge in [0.2, 0.25) is 0 Å². The molecule has 1 N–H and O–H groups in total. The Bertz CT molecular complexity index is 686. The first-order valence-electron chi connectivity index (χ1n) is 7.00. The van der Waals surface area contributed by atoms with Crippen molar-refractivity contribution in [2.45, 2.75) is 30.2 Å². The maximum Gasteiger partial charge on any atom is 0.153 e. The standard InChI is InChI=1S/C17H14Cl4O/c1-2-9-3-5-10(6-4-9)14-15(17(14,21)22)11-7-12(18)16(20)13(19)8-11/h3-8,14-15,22H,2H2,1H3. The Kier molecular flexibility index (Phi) is 4.39. The van der Waals surface area contributed by atoms with Gasteiger partial charge in [0.05, 0.1) is 15.1 Å². The molecule has 0 heterocycles. The van der Waals surface area contributed by atoms with Crippen molar-refractivity contribution in [3.63, 3.8) is 0 Å². The highest BCUT2D eigenvalue weighted by atomic mass is 35.5. The van der Waals surface area contributed by atoms with Gasteiger partial charge in [0.15, 0.2) is 5.06 Å². The zero-order valence-corrected chi connectivity index (χ0v) is 14.8. The number of aryl methyl sites for hydroxylation is 1. The van der Waals surface area contributed by atoms with Crippen LogP contribution in [0.15, 0.2) is 36.4 Å². The molecule has 1 aliphatic rings. The molecule has 1 fully saturated rings. The summed E-state index contributed by atoms with van der Waals surface area (Å²) in [5.74, 6) is -0.442. The van der Waals surface area contributed by atoms with Gasteiger partial charge in [-0.15, -0.1) is 0 Å². The third kappa shape index (κ3) is 2.74. The molecule has 0 amide bonds. The SMILES string of the molecule is CCc1ccc(C2C(c3cc(Cl)c(Cl)c(Cl)c3)C2(O)Cl)cc1. The normalized spacial score (nSPS) is 27.0. The highest BCUT2D eigenvalue weighted by Crippen LogP contribution is 2.66. The predicted molar refractivity (Wildman–Crippen MR) is 93.6 cm³/mol. The monoisotopic (exact) mass is 374 g/mol. The van der Waals surface area contributed by atoms with Crippen molar-refractivity contribution in [2.75, 3.05) is 0 Å². The van der Waals surface area contributed by atoms with E-state index in [0.717, 1.165) is 17.5 Å². The number of aliphatic hydroxyl groups is 1. The lowest BCUT2D eigenvalue weighted by molar-refractivity contribution is 0.224. The molecule has 0 aliphatic heterocycles. The van der Waals surface area contributed by atoms with Crippen LogP contribution in [0.4, 0.5) is 0 Å². The molecule has 0 bridgehead atoms. The second-order valence-electron chi connectivity index (χ2n) is 5.58. The van der Waals surface area contributed by atoms with E-state index in [1.807, 2.05) is 12.1 Å². The lowest BCUT2D eigenvalue weighted by Crippen LogP contribution is -2.00. The van der Waals surface area contributed by atoms with Crippen LogP contribution in [0, 0.1) is 0 Å². The van der Waals surface area contributed by atoms with Crippen molar-refractivity contribution in [1.82, 2.24) is 0 Å². The molecule has 3 atom stereocenters. The highest BCUT2D eigenvalue weighted by Gasteiger charge is 2.64. The number of halogens is 4. The number of hydrogen-bond donors (Lipinski definition) is 1. The summed E-state index contributed by atoms with van der Waals surface area (Å²) in [7, 11) is 0. The summed E-state index contributed by atoms with van der Waals surface area (Å²) in [6.07, 6.45) is 0.974. The van der Waals surface area contributed by atoms with Crippen LogP contribution in [0.3, 0.4) is 0 Å². The van der Waals surface area contributed by atoms with E-state index >= 15 is 0 Å². The van der Waals surface area contributed by atoms with Gasteiger partial charge in [-0.3, -0.25) is 0 Å². The Hall–Kier alpha value is -0.440. The van der Waals surface area contributed by atoms with Crippen LogP contribution in [0.5, 0.6) is 0 Å². The van der Waals surface area contributed by atoms with Crippen LogP contribution < -0.4 is 0 Å². The molecule has 0 aromatic heterocycles. The molecule has 1 aliphatic carbocycles. The molecular formula is C17H14Cl4O. The fraction of sp³-hybridized carbons (Fsp3) is 0.294. The van der Waals surface area contributed by atoms with Crippen molar-refractivity contribution in [3.8, 4) is 0 Å². The van der Waals surface area contributed by atoms with Gasteiger partial charge in [-0.1, -0.05) is 77.6 Å². The molecule has 3 rings (SSSR count). The van der Waals surface area contributed by atoms with E-state index in [9.17, 15) is 5.11 Å². The lowest BCUT2D eigenvalue weighted by atomic mass is 10.0. The molecule has 116 valence electrons. The molecular weight excluding hydrogens is 362 g/mol. The minimum Gasteiger partial charge on any atom is -0.374 e. The predicted octanol–water partition coefficient (Wildman–Crippen LogP) is 6.02. The van der Waals surface area contributed by atoms with E-state index in [1.165, 1.54) is 5.56 Å². The minimum absolute atomic E-state index is 0.187. The Morgan fingerprint density at radius 3 is 1.95 bits per heavy atom. The highest BCUT2D eigenvalue weighted by molar-refractivity contribution is 6.48. The quantitative estimate of drug-likeness (QED) is 0.513. The second kappa shape index (κ2) is 5.89. The second-order valence-corrected chi connectivity index (χ2v) is 7.37. The molecule has 2 aromatic carbocycles. The van der Waals surface area contributed by atoms with Crippen LogP contribution in [0.2, 0.25) is 15.1 Å². The largest absolute Gasteiger partial charge is 0.374 e. The molecule has 3 unspecified atom stereocenters. The molecule has 22 heavy (non-hydrogen) atoms. The van der Waals surface area contributed by atoms with Gasteiger partial charge in [-0.05, 0) is 35.2 Å². The van der Waals surface area contributed by atoms with Gasteiger partial charge in [0.1, 0.15) is 0 Å². The molecule has 1 nitrogen and oxygen atoms in total. The zero-order chi connectivity index (χ0) is 16.1. The molecule has 0 radical (unpaired) electrons. The van der Waals surface area contributed by atoms with Gasteiger partial charge in [-0.2, -0.15) is 0 Å². The topological polar surface area (TPSA) is 20.2 Å². The average molecular weight is 376 g/mol. The van der Waals surface area contributed by atoms with Crippen LogP contribution in [-0.2, 0) is 6.42 Å². The Balaban J connectivity index is 1.95. The van der Waals surface area contributed by atoms with E-state index in [1.54, 1.807) is 12.1 Å². The number of rotatable bonds is 3. The lowest BCUT2D eigenvalue weighted by Gasteiger charge is -2.05. The van der Waals surface area contributed by atoms with Crippen molar-refractivity contribution >= 4 is 46.4 Å². The summed E-state index contributed by atoms with van der Waals surface area (Å²) < 4.78 is 0. The third-order valence-corrected chi connectivity index (χ3v) is 5.88. The van der Waals surface area contributed by atoms with Crippen molar-refractivity contribution in [1.29, 1.82) is 0 Å². The van der Waals surface area contributed by atoms with Crippen LogP contribution in [0.1, 0.15) is 35.4 Å². The molecule has 1 saturated carbocycles. The van der Waals surface area contributed by atoms with Crippen molar-refractivity contribution in [3.05, 3.63) is 68.2 Å². The third-order valence-electron chi connectivity index (χ3n) is 4.21. The van der Waals surface area contributed by atoms with Gasteiger partial charge < -0.3 is 5.11 Å². The number of alkyl halides is 1. The number of benzene rings is 2. The summed E-state index contributed by atoms with van der Waals surface area (Å²) in [5.41, 5.74) is 3.04. The molecule has 0 saturated heterocycles. The Labute approximate surface area is 149 Å². The van der Waals surface area contributed by atoms with E-state index < -0.39 is 5.06 Å². The Morgan fingerprint density at radius 2 is 1.45 bits per heavy atom.